The van der Waals surface area contributed by atoms with Crippen molar-refractivity contribution < 1.29 is 9.53 Å². The Morgan fingerprint density at radius 1 is 1.27 bits per heavy atom. The summed E-state index contributed by atoms with van der Waals surface area (Å²) in [5.41, 5.74) is 3.94. The number of amides is 1. The summed E-state index contributed by atoms with van der Waals surface area (Å²) in [6.07, 6.45) is 6.87. The molecule has 4 heterocycles. The lowest BCUT2D eigenvalue weighted by Crippen LogP contribution is -2.50. The molecule has 1 N–H and O–H groups in total. The summed E-state index contributed by atoms with van der Waals surface area (Å²) >= 11 is 0. The Kier molecular flexibility index (Phi) is 4.90. The van der Waals surface area contributed by atoms with Crippen LogP contribution in [-0.4, -0.2) is 51.1 Å². The van der Waals surface area contributed by atoms with E-state index < -0.39 is 0 Å². The number of hydrogen-bond donors (Lipinski definition) is 1. The molecule has 3 aromatic rings. The monoisotopic (exact) mass is 405 g/mol. The molecular formula is C23H27N5O2. The van der Waals surface area contributed by atoms with E-state index in [-0.39, 0.29) is 11.8 Å². The normalized spacial score (nSPS) is 18.9. The molecule has 1 amide bonds. The van der Waals surface area contributed by atoms with Gasteiger partial charge in [-0.1, -0.05) is 6.92 Å². The third kappa shape index (κ3) is 3.77. The van der Waals surface area contributed by atoms with Crippen LogP contribution in [0.4, 0.5) is 5.82 Å². The van der Waals surface area contributed by atoms with Crippen molar-refractivity contribution in [3.8, 4) is 16.9 Å². The number of likely N-dealkylation sites (tertiary alicyclic amines) is 1. The first-order valence-electron chi connectivity index (χ1n) is 10.7. The molecule has 7 heteroatoms. The van der Waals surface area contributed by atoms with Gasteiger partial charge in [0.05, 0.1) is 11.7 Å². The van der Waals surface area contributed by atoms with Crippen molar-refractivity contribution >= 4 is 17.2 Å². The summed E-state index contributed by atoms with van der Waals surface area (Å²) < 4.78 is 7.99. The second-order valence-corrected chi connectivity index (χ2v) is 8.28. The van der Waals surface area contributed by atoms with Crippen molar-refractivity contribution in [2.24, 2.45) is 5.92 Å². The second-order valence-electron chi connectivity index (χ2n) is 8.28. The number of ether oxygens (including phenoxy) is 1. The highest BCUT2D eigenvalue weighted by Gasteiger charge is 2.30. The molecule has 1 aliphatic heterocycles. The lowest BCUT2D eigenvalue weighted by molar-refractivity contribution is -0.117. The minimum Gasteiger partial charge on any atom is -0.490 e. The molecule has 156 valence electrons. The molecule has 1 saturated carbocycles. The van der Waals surface area contributed by atoms with Crippen LogP contribution in [0.5, 0.6) is 5.75 Å². The zero-order valence-corrected chi connectivity index (χ0v) is 17.5. The van der Waals surface area contributed by atoms with Crippen LogP contribution < -0.4 is 10.1 Å². The summed E-state index contributed by atoms with van der Waals surface area (Å²) in [6, 6.07) is 8.55. The third-order valence-electron chi connectivity index (χ3n) is 6.08. The number of fused-ring (bicyclic) bond motifs is 1. The van der Waals surface area contributed by atoms with Crippen LogP contribution in [0, 0.1) is 12.8 Å². The molecule has 1 atom stereocenters. The summed E-state index contributed by atoms with van der Waals surface area (Å²) in [5.74, 6) is 1.62. The fourth-order valence-corrected chi connectivity index (χ4v) is 3.97. The summed E-state index contributed by atoms with van der Waals surface area (Å²) in [4.78, 5) is 18.9. The first-order valence-corrected chi connectivity index (χ1v) is 10.7. The van der Waals surface area contributed by atoms with Gasteiger partial charge in [0.1, 0.15) is 12.4 Å². The minimum absolute atomic E-state index is 0.0659. The van der Waals surface area contributed by atoms with Gasteiger partial charge in [-0.3, -0.25) is 14.7 Å². The van der Waals surface area contributed by atoms with Crippen molar-refractivity contribution in [2.75, 3.05) is 25.0 Å². The average Bonchev–Trinajstić information content (AvgIpc) is 3.49. The van der Waals surface area contributed by atoms with Gasteiger partial charge in [0.2, 0.25) is 5.91 Å². The molecule has 30 heavy (non-hydrogen) atoms. The van der Waals surface area contributed by atoms with Crippen LogP contribution in [0.2, 0.25) is 0 Å². The molecule has 2 fully saturated rings. The number of aryl methyl sites for hydroxylation is 1. The lowest BCUT2D eigenvalue weighted by Gasteiger charge is -2.39. The Bertz CT molecular complexity index is 1090. The predicted molar refractivity (Wildman–Crippen MR) is 116 cm³/mol. The second kappa shape index (κ2) is 7.72. The van der Waals surface area contributed by atoms with Gasteiger partial charge in [0.25, 0.3) is 0 Å². The van der Waals surface area contributed by atoms with E-state index in [1.807, 2.05) is 31.5 Å². The van der Waals surface area contributed by atoms with E-state index in [1.54, 1.807) is 4.52 Å². The van der Waals surface area contributed by atoms with Crippen molar-refractivity contribution in [1.82, 2.24) is 19.5 Å². The number of carbonyl (C=O) groups excluding carboxylic acids is 1. The molecule has 0 unspecified atom stereocenters. The van der Waals surface area contributed by atoms with E-state index in [4.69, 9.17) is 4.74 Å². The highest BCUT2D eigenvalue weighted by Crippen LogP contribution is 2.33. The molecule has 7 nitrogen and oxygen atoms in total. The minimum atomic E-state index is 0.0659. The van der Waals surface area contributed by atoms with Crippen molar-refractivity contribution in [2.45, 2.75) is 39.2 Å². The van der Waals surface area contributed by atoms with Crippen LogP contribution in [0.3, 0.4) is 0 Å². The first kappa shape index (κ1) is 19.1. The lowest BCUT2D eigenvalue weighted by atomic mass is 10.0. The maximum atomic E-state index is 12.0. The number of aromatic nitrogens is 3. The standard InChI is InChI=1S/C23H27N5O2/c1-3-27-8-7-18(27)14-30-21-13-24-15(2)10-20(21)17-6-9-28-19(11-17)12-22(26-28)25-23(29)16-4-5-16/h6,9-13,16,18H,3-5,7-8,14H2,1-2H3,(H,25,26,29)/t18-/m1/s1. The van der Waals surface area contributed by atoms with Crippen LogP contribution in [-0.2, 0) is 4.79 Å². The summed E-state index contributed by atoms with van der Waals surface area (Å²) in [7, 11) is 0. The van der Waals surface area contributed by atoms with Crippen molar-refractivity contribution in [3.05, 3.63) is 42.4 Å². The van der Waals surface area contributed by atoms with Gasteiger partial charge in [0.15, 0.2) is 5.82 Å². The van der Waals surface area contributed by atoms with E-state index in [9.17, 15) is 4.79 Å². The van der Waals surface area contributed by atoms with Gasteiger partial charge in [-0.15, -0.1) is 0 Å². The molecule has 0 bridgehead atoms. The highest BCUT2D eigenvalue weighted by molar-refractivity contribution is 5.93. The first-order chi connectivity index (χ1) is 14.6. The number of likely N-dealkylation sites (N-methyl/N-ethyl adjacent to an activating group) is 1. The van der Waals surface area contributed by atoms with Crippen LogP contribution in [0.25, 0.3) is 16.6 Å². The number of hydrogen-bond acceptors (Lipinski definition) is 5. The highest BCUT2D eigenvalue weighted by atomic mass is 16.5. The Morgan fingerprint density at radius 2 is 2.13 bits per heavy atom. The zero-order chi connectivity index (χ0) is 20.7. The van der Waals surface area contributed by atoms with E-state index in [0.29, 0.717) is 18.5 Å². The molecule has 5 rings (SSSR count). The molecule has 0 spiro atoms. The number of anilines is 1. The zero-order valence-electron chi connectivity index (χ0n) is 17.5. The van der Waals surface area contributed by atoms with E-state index in [1.165, 1.54) is 6.42 Å². The Labute approximate surface area is 176 Å². The van der Waals surface area contributed by atoms with Crippen molar-refractivity contribution in [3.63, 3.8) is 0 Å². The van der Waals surface area contributed by atoms with Gasteiger partial charge >= 0.3 is 0 Å². The SMILES string of the molecule is CCN1CC[C@@H]1COc1cnc(C)cc1-c1ccn2nc(NC(=O)C3CC3)cc2c1. The van der Waals surface area contributed by atoms with Gasteiger partial charge in [-0.2, -0.15) is 5.10 Å². The molecule has 3 aromatic heterocycles. The molecule has 1 aliphatic carbocycles. The maximum absolute atomic E-state index is 12.0. The molecule has 0 radical (unpaired) electrons. The van der Waals surface area contributed by atoms with Crippen LogP contribution >= 0.6 is 0 Å². The average molecular weight is 406 g/mol. The molecule has 0 aromatic carbocycles. The van der Waals surface area contributed by atoms with Crippen LogP contribution in [0.1, 0.15) is 31.9 Å². The Hall–Kier alpha value is -2.93. The van der Waals surface area contributed by atoms with Gasteiger partial charge in [-0.05, 0) is 56.5 Å². The fraction of sp³-hybridized carbons (Fsp3) is 0.435. The van der Waals surface area contributed by atoms with Crippen molar-refractivity contribution in [1.29, 1.82) is 0 Å². The number of nitrogens with one attached hydrogen (secondary N) is 1. The largest absolute Gasteiger partial charge is 0.490 e. The van der Waals surface area contributed by atoms with Gasteiger partial charge in [0, 0.05) is 42.0 Å². The summed E-state index contributed by atoms with van der Waals surface area (Å²) in [5, 5.41) is 7.39. The Morgan fingerprint density at radius 3 is 2.87 bits per heavy atom. The van der Waals surface area contributed by atoms with Gasteiger partial charge < -0.3 is 10.1 Å². The van der Waals surface area contributed by atoms with Crippen LogP contribution in [0.15, 0.2) is 36.7 Å². The number of pyridine rings is 2. The van der Waals surface area contributed by atoms with E-state index >= 15 is 0 Å². The smallest absolute Gasteiger partial charge is 0.228 e. The quantitative estimate of drug-likeness (QED) is 0.651. The summed E-state index contributed by atoms with van der Waals surface area (Å²) in [6.45, 7) is 7.07. The molecule has 2 aliphatic rings. The maximum Gasteiger partial charge on any atom is 0.228 e. The predicted octanol–water partition coefficient (Wildman–Crippen LogP) is 3.53. The van der Waals surface area contributed by atoms with E-state index in [2.05, 4.69) is 39.4 Å². The third-order valence-corrected chi connectivity index (χ3v) is 6.08. The fourth-order valence-electron chi connectivity index (χ4n) is 3.97. The topological polar surface area (TPSA) is 71.8 Å². The molecule has 1 saturated heterocycles. The van der Waals surface area contributed by atoms with Gasteiger partial charge in [-0.25, -0.2) is 4.52 Å². The molecular weight excluding hydrogens is 378 g/mol. The number of nitrogens with zero attached hydrogens (tertiary/aromatic N) is 4. The number of rotatable bonds is 7. The Balaban J connectivity index is 1.39. The number of carbonyl (C=O) groups is 1. The van der Waals surface area contributed by atoms with E-state index in [0.717, 1.165) is 54.0 Å².